The molecule has 3 aliphatic heterocycles. The Hall–Kier alpha value is -4.84. The summed E-state index contributed by atoms with van der Waals surface area (Å²) in [5.41, 5.74) is 19.8. The van der Waals surface area contributed by atoms with Crippen molar-refractivity contribution in [2.45, 2.75) is 157 Å². The van der Waals surface area contributed by atoms with E-state index in [1.165, 1.54) is 106 Å². The van der Waals surface area contributed by atoms with Gasteiger partial charge in [-0.3, -0.25) is 0 Å². The molecule has 6 heteroatoms. The van der Waals surface area contributed by atoms with Gasteiger partial charge in [0.2, 0.25) is 0 Å². The van der Waals surface area contributed by atoms with Crippen LogP contribution in [0.15, 0.2) is 61.1 Å². The van der Waals surface area contributed by atoms with Gasteiger partial charge in [-0.05, 0) is 195 Å². The molecular weight excluding hydrogens is 743 g/mol. The van der Waals surface area contributed by atoms with E-state index in [9.17, 15) is 9.59 Å². The van der Waals surface area contributed by atoms with Crippen molar-refractivity contribution < 1.29 is 13.6 Å². The molecule has 0 bridgehead atoms. The predicted molar refractivity (Wildman–Crippen MR) is 249 cm³/mol. The summed E-state index contributed by atoms with van der Waals surface area (Å²) in [6.07, 6.45) is 16.4. The highest BCUT2D eigenvalue weighted by atomic mass is 16.5. The standard InChI is InChI=1S/C19H23NO2.C18H22O.C17H20O2/c1-11(2)16-13-6-4-8-20-9-5-7-14(18(13)20)19-17(16)12(3)10-15(21)22-19;1-11(2)17-15-8-6-5-7-14(15)10-16-18(17)12(3)9-13(4)19-16;1-10(2)16-11(3)14-8-12-6-4-5-7-13(12)9-15(14)19-17(16)18/h10-11H,4-9H2,1-3H3;9-11H,4-8H2,1-3H3;8-10H,4-7H2,1-3H3. The fourth-order valence-electron chi connectivity index (χ4n) is 11.2. The first-order valence-electron chi connectivity index (χ1n) is 22.9. The highest BCUT2D eigenvalue weighted by Crippen LogP contribution is 2.46. The molecule has 0 saturated carbocycles. The lowest BCUT2D eigenvalue weighted by atomic mass is 9.79. The number of anilines is 1. The molecule has 5 aliphatic rings. The van der Waals surface area contributed by atoms with Crippen molar-refractivity contribution in [2.24, 2.45) is 0 Å². The molecule has 5 aromatic rings. The Balaban J connectivity index is 0.000000125. The van der Waals surface area contributed by atoms with Crippen molar-refractivity contribution in [2.75, 3.05) is 18.0 Å². The highest BCUT2D eigenvalue weighted by Gasteiger charge is 2.31. The van der Waals surface area contributed by atoms with E-state index in [2.05, 4.69) is 70.4 Å². The Bertz CT molecular complexity index is 2660. The van der Waals surface area contributed by atoms with E-state index in [0.717, 1.165) is 89.9 Å². The van der Waals surface area contributed by atoms with E-state index in [0.29, 0.717) is 11.8 Å². The van der Waals surface area contributed by atoms with Crippen molar-refractivity contribution in [1.82, 2.24) is 0 Å². The summed E-state index contributed by atoms with van der Waals surface area (Å²) in [7, 11) is 0. The largest absolute Gasteiger partial charge is 0.457 e. The quantitative estimate of drug-likeness (QED) is 0.169. The van der Waals surface area contributed by atoms with Crippen LogP contribution in [0.4, 0.5) is 5.69 Å². The zero-order valence-corrected chi connectivity index (χ0v) is 37.7. The third-order valence-corrected chi connectivity index (χ3v) is 13.7. The van der Waals surface area contributed by atoms with E-state index in [1.54, 1.807) is 11.6 Å². The molecule has 2 aromatic heterocycles. The van der Waals surface area contributed by atoms with Crippen LogP contribution in [0.1, 0.15) is 172 Å². The van der Waals surface area contributed by atoms with E-state index < -0.39 is 0 Å². The van der Waals surface area contributed by atoms with Crippen molar-refractivity contribution in [1.29, 1.82) is 0 Å². The molecule has 2 aliphatic carbocycles. The molecule has 0 N–H and O–H groups in total. The smallest absolute Gasteiger partial charge is 0.339 e. The van der Waals surface area contributed by atoms with Crippen LogP contribution in [0.2, 0.25) is 0 Å². The predicted octanol–water partition coefficient (Wildman–Crippen LogP) is 13.0. The first-order chi connectivity index (χ1) is 28.7. The van der Waals surface area contributed by atoms with Gasteiger partial charge in [0.15, 0.2) is 0 Å². The molecule has 0 radical (unpaired) electrons. The van der Waals surface area contributed by atoms with Gasteiger partial charge in [-0.2, -0.15) is 0 Å². The van der Waals surface area contributed by atoms with Crippen LogP contribution in [0, 0.1) is 13.8 Å². The third kappa shape index (κ3) is 7.69. The second-order valence-corrected chi connectivity index (χ2v) is 19.0. The number of hydrogen-bond donors (Lipinski definition) is 0. The van der Waals surface area contributed by atoms with Crippen LogP contribution in [0.3, 0.4) is 0 Å². The molecule has 0 saturated heterocycles. The summed E-state index contributed by atoms with van der Waals surface area (Å²) < 4.78 is 17.2. The van der Waals surface area contributed by atoms with Crippen LogP contribution >= 0.6 is 0 Å². The Labute approximate surface area is 356 Å². The van der Waals surface area contributed by atoms with Gasteiger partial charge in [0.25, 0.3) is 0 Å². The summed E-state index contributed by atoms with van der Waals surface area (Å²) >= 11 is 0. The zero-order chi connectivity index (χ0) is 42.6. The Morgan fingerprint density at radius 1 is 0.633 bits per heavy atom. The molecule has 0 spiro atoms. The van der Waals surface area contributed by atoms with Gasteiger partial charge >= 0.3 is 11.3 Å². The summed E-state index contributed by atoms with van der Waals surface area (Å²) in [4.78, 5) is 26.6. The molecule has 3 aromatic carbocycles. The van der Waals surface area contributed by atoms with Crippen LogP contribution in [-0.4, -0.2) is 13.1 Å². The Morgan fingerprint density at radius 2 is 1.23 bits per heavy atom. The third-order valence-electron chi connectivity index (χ3n) is 13.7. The lowest BCUT2D eigenvalue weighted by Crippen LogP contribution is -2.35. The maximum Gasteiger partial charge on any atom is 0.339 e. The number of benzene rings is 3. The van der Waals surface area contributed by atoms with Gasteiger partial charge in [-0.25, -0.2) is 9.59 Å². The average Bonchev–Trinajstić information content (AvgIpc) is 3.20. The minimum atomic E-state index is -0.219. The first kappa shape index (κ1) is 41.9. The first-order valence-corrected chi connectivity index (χ1v) is 22.9. The van der Waals surface area contributed by atoms with E-state index >= 15 is 0 Å². The van der Waals surface area contributed by atoms with Gasteiger partial charge in [0.05, 0.1) is 0 Å². The number of ether oxygens (including phenoxy) is 1. The Morgan fingerprint density at radius 3 is 1.90 bits per heavy atom. The number of nitrogens with zero attached hydrogens (tertiary/aromatic N) is 1. The summed E-state index contributed by atoms with van der Waals surface area (Å²) in [6, 6.07) is 8.24. The second kappa shape index (κ2) is 16.9. The summed E-state index contributed by atoms with van der Waals surface area (Å²) in [5.74, 6) is 2.97. The van der Waals surface area contributed by atoms with E-state index in [-0.39, 0.29) is 17.2 Å². The van der Waals surface area contributed by atoms with Gasteiger partial charge in [0.1, 0.15) is 22.7 Å². The Kier molecular flexibility index (Phi) is 11.8. The van der Waals surface area contributed by atoms with Crippen LogP contribution < -0.4 is 20.9 Å². The van der Waals surface area contributed by atoms with Gasteiger partial charge in [-0.15, -0.1) is 0 Å². The fraction of sp³-hybridized carbons (Fsp3) is 0.481. The second-order valence-electron chi connectivity index (χ2n) is 19.0. The normalized spacial score (nSPS) is 16.6. The van der Waals surface area contributed by atoms with Crippen LogP contribution in [0.5, 0.6) is 5.75 Å². The molecule has 0 atom stereocenters. The number of aryl methyl sites for hydroxylation is 6. The van der Waals surface area contributed by atoms with Gasteiger partial charge in [-0.1, -0.05) is 48.1 Å². The molecule has 0 amide bonds. The van der Waals surface area contributed by atoms with Crippen molar-refractivity contribution in [3.63, 3.8) is 0 Å². The maximum absolute atomic E-state index is 12.1. The molecule has 316 valence electrons. The van der Waals surface area contributed by atoms with Crippen LogP contribution in [-0.2, 0) is 38.5 Å². The average molecular weight is 808 g/mol. The van der Waals surface area contributed by atoms with Gasteiger partial charge < -0.3 is 18.5 Å². The molecular formula is C54H65NO5. The number of fused-ring (bicyclic) bond motifs is 6. The van der Waals surface area contributed by atoms with E-state index in [1.807, 2.05) is 27.7 Å². The van der Waals surface area contributed by atoms with Crippen LogP contribution in [0.25, 0.3) is 27.5 Å². The van der Waals surface area contributed by atoms with Crippen molar-refractivity contribution in [3.8, 4) is 5.75 Å². The fourth-order valence-corrected chi connectivity index (χ4v) is 11.2. The topological polar surface area (TPSA) is 72.9 Å². The number of rotatable bonds is 3. The summed E-state index contributed by atoms with van der Waals surface area (Å²) in [6.45, 7) is 25.7. The number of allylic oxidation sites excluding steroid dienone is 2. The monoisotopic (exact) mass is 807 g/mol. The molecule has 0 unspecified atom stereocenters. The molecule has 10 rings (SSSR count). The molecule has 5 heterocycles. The van der Waals surface area contributed by atoms with E-state index in [4.69, 9.17) is 13.6 Å². The van der Waals surface area contributed by atoms with Gasteiger partial charge in [0, 0.05) is 52.3 Å². The minimum Gasteiger partial charge on any atom is -0.457 e. The molecule has 60 heavy (non-hydrogen) atoms. The van der Waals surface area contributed by atoms with Crippen molar-refractivity contribution >= 4 is 33.2 Å². The molecule has 6 nitrogen and oxygen atoms in total. The minimum absolute atomic E-state index is 0.171. The zero-order valence-electron chi connectivity index (χ0n) is 37.7. The van der Waals surface area contributed by atoms with Crippen molar-refractivity contribution in [3.05, 3.63) is 130 Å². The highest BCUT2D eigenvalue weighted by molar-refractivity contribution is 5.94. The lowest BCUT2D eigenvalue weighted by molar-refractivity contribution is 0.438. The lowest BCUT2D eigenvalue weighted by Gasteiger charge is -2.39. The maximum atomic E-state index is 12.1. The summed E-state index contributed by atoms with van der Waals surface area (Å²) in [5, 5.41) is 2.32. The SMILES string of the molecule is C=C1C=C(C)c2c(cc3c(c2C(C)C)CCCC3)O1.Cc1c(C(C)C)c(=O)oc2cc3c(cc12)CCCC3.Cc1cc(=O)oc2c3c4c(c(C(C)C)c12)CCCN4CCC3. The number of hydrogen-bond acceptors (Lipinski definition) is 6. The molecule has 0 fully saturated rings.